The Morgan fingerprint density at radius 1 is 1.41 bits per heavy atom. The summed E-state index contributed by atoms with van der Waals surface area (Å²) in [4.78, 5) is 38.0. The molecule has 8 nitrogen and oxygen atoms in total. The van der Waals surface area contributed by atoms with E-state index in [-0.39, 0.29) is 47.4 Å². The number of nitrogens with one attached hydrogen (secondary N) is 1. The quantitative estimate of drug-likeness (QED) is 0.411. The van der Waals surface area contributed by atoms with Crippen molar-refractivity contribution in [2.75, 3.05) is 13.2 Å². The molecule has 8 heteroatoms. The topological polar surface area (TPSA) is 138 Å². The van der Waals surface area contributed by atoms with Crippen molar-refractivity contribution < 1.29 is 19.1 Å². The van der Waals surface area contributed by atoms with Crippen LogP contribution in [-0.4, -0.2) is 53.8 Å². The fraction of sp³-hybridized carbons (Fsp3) is 0.500. The summed E-state index contributed by atoms with van der Waals surface area (Å²) >= 11 is 0. The second-order valence-electron chi connectivity index (χ2n) is 6.14. The van der Waals surface area contributed by atoms with Crippen molar-refractivity contribution in [3.05, 3.63) is 22.5 Å². The third-order valence-corrected chi connectivity index (χ3v) is 5.03. The first-order valence-corrected chi connectivity index (χ1v) is 7.16. The maximum atomic E-state index is 12.6. The summed E-state index contributed by atoms with van der Waals surface area (Å²) in [5.41, 5.74) is 11.9. The molecular weight excluding hydrogens is 288 g/mol. The van der Waals surface area contributed by atoms with Crippen LogP contribution >= 0.6 is 0 Å². The molecule has 2 fully saturated rings. The summed E-state index contributed by atoms with van der Waals surface area (Å²) < 4.78 is 4.93. The first-order chi connectivity index (χ1) is 10.4. The van der Waals surface area contributed by atoms with Gasteiger partial charge in [0.15, 0.2) is 0 Å². The van der Waals surface area contributed by atoms with Crippen molar-refractivity contribution in [3.63, 3.8) is 0 Å². The minimum Gasteiger partial charge on any atom is -0.449 e. The van der Waals surface area contributed by atoms with E-state index in [2.05, 4.69) is 5.32 Å². The van der Waals surface area contributed by atoms with Gasteiger partial charge in [-0.15, -0.1) is 0 Å². The van der Waals surface area contributed by atoms with Gasteiger partial charge in [0.1, 0.15) is 6.61 Å². The largest absolute Gasteiger partial charge is 0.449 e. The number of carbonyl (C=O) groups is 3. The van der Waals surface area contributed by atoms with Gasteiger partial charge in [-0.2, -0.15) is 0 Å². The van der Waals surface area contributed by atoms with E-state index in [4.69, 9.17) is 16.2 Å². The van der Waals surface area contributed by atoms with Crippen molar-refractivity contribution in [2.45, 2.75) is 25.0 Å². The molecular formula is C14H16N4O4. The van der Waals surface area contributed by atoms with Gasteiger partial charge in [-0.3, -0.25) is 9.59 Å². The van der Waals surface area contributed by atoms with Gasteiger partial charge < -0.3 is 26.4 Å². The lowest BCUT2D eigenvalue weighted by Crippen LogP contribution is -2.40. The van der Waals surface area contributed by atoms with Crippen LogP contribution in [0.4, 0.5) is 4.79 Å². The maximum absolute atomic E-state index is 12.6. The number of Topliss-reactive ketones (excluding diaryl/α,β-unsaturated/α-hetero) is 2. The van der Waals surface area contributed by atoms with Crippen LogP contribution in [0.1, 0.15) is 6.92 Å². The van der Waals surface area contributed by atoms with Gasteiger partial charge >= 0.3 is 6.09 Å². The Balaban J connectivity index is 1.76. The molecule has 1 aliphatic carbocycles. The van der Waals surface area contributed by atoms with E-state index in [1.807, 2.05) is 4.90 Å². The summed E-state index contributed by atoms with van der Waals surface area (Å²) in [6.07, 6.45) is -0.895. The van der Waals surface area contributed by atoms with Gasteiger partial charge in [0.05, 0.1) is 17.4 Å². The van der Waals surface area contributed by atoms with Crippen LogP contribution in [0.25, 0.3) is 0 Å². The van der Waals surface area contributed by atoms with E-state index in [0.29, 0.717) is 23.9 Å². The first-order valence-electron chi connectivity index (χ1n) is 7.16. The molecule has 4 aliphatic rings. The fourth-order valence-corrected chi connectivity index (χ4v) is 3.93. The first kappa shape index (κ1) is 13.3. The number of amides is 1. The van der Waals surface area contributed by atoms with Crippen LogP contribution in [-0.2, 0) is 14.3 Å². The van der Waals surface area contributed by atoms with Gasteiger partial charge in [0.25, 0.3) is 0 Å². The molecule has 0 aromatic heterocycles. The maximum Gasteiger partial charge on any atom is 0.404 e. The van der Waals surface area contributed by atoms with Gasteiger partial charge in [0, 0.05) is 35.7 Å². The summed E-state index contributed by atoms with van der Waals surface area (Å²) in [6, 6.07) is 0.455. The highest BCUT2D eigenvalue weighted by Gasteiger charge is 2.62. The number of fused-ring (bicyclic) bond motifs is 4. The van der Waals surface area contributed by atoms with Crippen molar-refractivity contribution in [1.82, 2.24) is 10.2 Å². The number of ether oxygens (including phenoxy) is 1. The third kappa shape index (κ3) is 1.52. The van der Waals surface area contributed by atoms with Crippen LogP contribution in [0, 0.1) is 5.92 Å². The SMILES string of the molecule is CC1=C(N)C(=O)C2=C(C1=O)N1CC3NC3C1[C@@H]2COC(N)=O. The summed E-state index contributed by atoms with van der Waals surface area (Å²) in [5, 5.41) is 3.31. The number of hydrogen-bond donors (Lipinski definition) is 3. The normalized spacial score (nSPS) is 35.6. The average Bonchev–Trinajstić information content (AvgIpc) is 3.01. The standard InChI is InChI=1S/C14H16N4O4/c1-4-8(15)13(20)7-5(3-22-14(16)21)10-9-6(17-9)2-18(10)11(7)12(4)19/h5-6,9-10,17H,2-3,15H2,1H3,(H2,16,21)/t5-,6?,9?,10?/m1/s1. The Hall–Kier alpha value is -2.35. The molecule has 0 saturated carbocycles. The van der Waals surface area contributed by atoms with Gasteiger partial charge in [0.2, 0.25) is 11.6 Å². The molecule has 2 saturated heterocycles. The van der Waals surface area contributed by atoms with Gasteiger partial charge in [-0.25, -0.2) is 4.79 Å². The molecule has 0 aromatic rings. The highest BCUT2D eigenvalue weighted by atomic mass is 16.5. The zero-order valence-corrected chi connectivity index (χ0v) is 12.0. The smallest absolute Gasteiger partial charge is 0.404 e. The number of ketones is 2. The van der Waals surface area contributed by atoms with E-state index in [0.717, 1.165) is 0 Å². The Labute approximate surface area is 126 Å². The zero-order valence-electron chi connectivity index (χ0n) is 12.0. The minimum atomic E-state index is -0.895. The Morgan fingerprint density at radius 2 is 2.14 bits per heavy atom. The van der Waals surface area contributed by atoms with Crippen LogP contribution in [0.15, 0.2) is 22.5 Å². The number of piperazine rings is 1. The number of allylic oxidation sites excluding steroid dienone is 2. The van der Waals surface area contributed by atoms with Crippen molar-refractivity contribution in [3.8, 4) is 0 Å². The Bertz CT molecular complexity index is 695. The predicted molar refractivity (Wildman–Crippen MR) is 74.2 cm³/mol. The predicted octanol–water partition coefficient (Wildman–Crippen LogP) is -1.63. The van der Waals surface area contributed by atoms with Crippen molar-refractivity contribution in [2.24, 2.45) is 17.4 Å². The van der Waals surface area contributed by atoms with Crippen molar-refractivity contribution >= 4 is 17.7 Å². The molecule has 3 heterocycles. The molecule has 22 heavy (non-hydrogen) atoms. The second kappa shape index (κ2) is 4.10. The number of carbonyl (C=O) groups excluding carboxylic acids is 3. The lowest BCUT2D eigenvalue weighted by atomic mass is 9.84. The van der Waals surface area contributed by atoms with Crippen LogP contribution in [0.3, 0.4) is 0 Å². The Kier molecular flexibility index (Phi) is 2.48. The lowest BCUT2D eigenvalue weighted by molar-refractivity contribution is -0.117. The molecule has 116 valence electrons. The molecule has 4 atom stereocenters. The monoisotopic (exact) mass is 304 g/mol. The molecule has 1 amide bonds. The molecule has 4 rings (SSSR count). The number of nitrogens with two attached hydrogens (primary N) is 2. The summed E-state index contributed by atoms with van der Waals surface area (Å²) in [6.45, 7) is 2.22. The van der Waals surface area contributed by atoms with Crippen LogP contribution < -0.4 is 16.8 Å². The van der Waals surface area contributed by atoms with Gasteiger partial charge in [-0.1, -0.05) is 0 Å². The minimum absolute atomic E-state index is 0.0192. The van der Waals surface area contributed by atoms with E-state index in [1.54, 1.807) is 6.92 Å². The molecule has 3 aliphatic heterocycles. The molecule has 0 aromatic carbocycles. The second-order valence-corrected chi connectivity index (χ2v) is 6.14. The van der Waals surface area contributed by atoms with E-state index in [9.17, 15) is 14.4 Å². The number of hydrogen-bond acceptors (Lipinski definition) is 7. The van der Waals surface area contributed by atoms with Gasteiger partial charge in [-0.05, 0) is 6.92 Å². The highest BCUT2D eigenvalue weighted by Crippen LogP contribution is 2.48. The van der Waals surface area contributed by atoms with Crippen LogP contribution in [0.2, 0.25) is 0 Å². The zero-order chi connectivity index (χ0) is 15.8. The van der Waals surface area contributed by atoms with Crippen molar-refractivity contribution in [1.29, 1.82) is 0 Å². The molecule has 0 spiro atoms. The van der Waals surface area contributed by atoms with E-state index >= 15 is 0 Å². The molecule has 0 bridgehead atoms. The number of nitrogens with zero attached hydrogens (tertiary/aromatic N) is 1. The number of rotatable bonds is 2. The number of primary amides is 1. The third-order valence-electron chi connectivity index (χ3n) is 5.03. The summed E-state index contributed by atoms with van der Waals surface area (Å²) in [5.74, 6) is -0.924. The molecule has 5 N–H and O–H groups in total. The van der Waals surface area contributed by atoms with E-state index in [1.165, 1.54) is 0 Å². The lowest BCUT2D eigenvalue weighted by Gasteiger charge is -2.27. The fourth-order valence-electron chi connectivity index (χ4n) is 3.93. The van der Waals surface area contributed by atoms with Crippen LogP contribution in [0.5, 0.6) is 0 Å². The Morgan fingerprint density at radius 3 is 2.82 bits per heavy atom. The average molecular weight is 304 g/mol. The molecule has 0 radical (unpaired) electrons. The molecule has 3 unspecified atom stereocenters. The van der Waals surface area contributed by atoms with E-state index < -0.39 is 6.09 Å². The highest BCUT2D eigenvalue weighted by molar-refractivity contribution is 6.25. The summed E-state index contributed by atoms with van der Waals surface area (Å²) in [7, 11) is 0.